The summed E-state index contributed by atoms with van der Waals surface area (Å²) in [6, 6.07) is 15.1. The van der Waals surface area contributed by atoms with E-state index in [9.17, 15) is 9.59 Å². The van der Waals surface area contributed by atoms with Crippen molar-refractivity contribution in [3.63, 3.8) is 0 Å². The number of rotatable bonds is 7. The van der Waals surface area contributed by atoms with Crippen molar-refractivity contribution in [3.8, 4) is 11.4 Å². The molecule has 2 amide bonds. The largest absolute Gasteiger partial charge is 0.352 e. The van der Waals surface area contributed by atoms with Crippen molar-refractivity contribution in [1.29, 1.82) is 0 Å². The molecule has 134 valence electrons. The van der Waals surface area contributed by atoms with E-state index in [1.807, 2.05) is 36.4 Å². The van der Waals surface area contributed by atoms with Crippen LogP contribution in [0.15, 0.2) is 48.5 Å². The van der Waals surface area contributed by atoms with Gasteiger partial charge in [0.1, 0.15) is 5.82 Å². The van der Waals surface area contributed by atoms with E-state index in [0.717, 1.165) is 22.4 Å². The number of hydrogen-bond acceptors (Lipinski definition) is 4. The summed E-state index contributed by atoms with van der Waals surface area (Å²) in [5.41, 5.74) is 4.73. The van der Waals surface area contributed by atoms with Crippen molar-refractivity contribution < 1.29 is 14.8 Å². The van der Waals surface area contributed by atoms with Gasteiger partial charge in [-0.3, -0.25) is 14.8 Å². The fourth-order valence-electron chi connectivity index (χ4n) is 2.65. The van der Waals surface area contributed by atoms with Crippen LogP contribution in [0.25, 0.3) is 22.4 Å². The van der Waals surface area contributed by atoms with Crippen molar-refractivity contribution in [2.75, 3.05) is 6.54 Å². The fourth-order valence-corrected chi connectivity index (χ4v) is 2.65. The summed E-state index contributed by atoms with van der Waals surface area (Å²) >= 11 is 0. The van der Waals surface area contributed by atoms with Crippen LogP contribution in [0.5, 0.6) is 0 Å². The van der Waals surface area contributed by atoms with E-state index in [-0.39, 0.29) is 12.3 Å². The number of benzene rings is 2. The van der Waals surface area contributed by atoms with Gasteiger partial charge < -0.3 is 10.3 Å². The first-order valence-electron chi connectivity index (χ1n) is 8.43. The van der Waals surface area contributed by atoms with Crippen LogP contribution in [0.3, 0.4) is 0 Å². The van der Waals surface area contributed by atoms with Crippen LogP contribution >= 0.6 is 0 Å². The molecular formula is C19H20N4O3. The Morgan fingerprint density at radius 3 is 2.65 bits per heavy atom. The first kappa shape index (κ1) is 17.6. The minimum atomic E-state index is -0.421. The zero-order valence-corrected chi connectivity index (χ0v) is 14.2. The number of nitrogens with zero attached hydrogens (tertiary/aromatic N) is 1. The van der Waals surface area contributed by atoms with Gasteiger partial charge in [0.05, 0.1) is 11.0 Å². The number of carbonyl (C=O) groups excluding carboxylic acids is 2. The summed E-state index contributed by atoms with van der Waals surface area (Å²) in [5, 5.41) is 11.2. The molecule has 0 saturated carbocycles. The smallest absolute Gasteiger partial charge is 0.251 e. The lowest BCUT2D eigenvalue weighted by Gasteiger charge is -2.05. The predicted molar refractivity (Wildman–Crippen MR) is 97.6 cm³/mol. The average molecular weight is 352 g/mol. The second-order valence-corrected chi connectivity index (χ2v) is 5.93. The van der Waals surface area contributed by atoms with E-state index < -0.39 is 5.91 Å². The quantitative estimate of drug-likeness (QED) is 0.298. The molecule has 7 nitrogen and oxygen atoms in total. The zero-order valence-electron chi connectivity index (χ0n) is 14.2. The Kier molecular flexibility index (Phi) is 5.60. The summed E-state index contributed by atoms with van der Waals surface area (Å²) in [4.78, 5) is 30.9. The summed E-state index contributed by atoms with van der Waals surface area (Å²) in [7, 11) is 0. The van der Waals surface area contributed by atoms with Crippen molar-refractivity contribution in [2.24, 2.45) is 0 Å². The molecule has 0 fully saturated rings. The molecule has 4 N–H and O–H groups in total. The Morgan fingerprint density at radius 1 is 1.08 bits per heavy atom. The molecule has 0 bridgehead atoms. The molecule has 0 radical (unpaired) electrons. The Morgan fingerprint density at radius 2 is 1.88 bits per heavy atom. The maximum atomic E-state index is 12.3. The number of aromatic nitrogens is 2. The van der Waals surface area contributed by atoms with Crippen LogP contribution < -0.4 is 10.8 Å². The molecule has 1 aromatic heterocycles. The first-order valence-corrected chi connectivity index (χ1v) is 8.43. The Bertz CT molecular complexity index is 906. The lowest BCUT2D eigenvalue weighted by molar-refractivity contribution is -0.129. The molecule has 0 saturated heterocycles. The molecule has 0 aliphatic carbocycles. The van der Waals surface area contributed by atoms with Crippen molar-refractivity contribution in [3.05, 3.63) is 54.1 Å². The SMILES string of the molecule is O=C(CCCCNC(=O)c1ccc2nc(-c3ccccc3)[nH]c2c1)NO. The molecule has 0 aliphatic heterocycles. The number of hydroxylamine groups is 1. The fraction of sp³-hybridized carbons (Fsp3) is 0.211. The Labute approximate surface area is 150 Å². The van der Waals surface area contributed by atoms with E-state index in [2.05, 4.69) is 15.3 Å². The Hall–Kier alpha value is -3.19. The summed E-state index contributed by atoms with van der Waals surface area (Å²) in [5.74, 6) is 0.171. The van der Waals surface area contributed by atoms with Gasteiger partial charge in [-0.05, 0) is 31.0 Å². The van der Waals surface area contributed by atoms with Crippen LogP contribution in [0.1, 0.15) is 29.6 Å². The lowest BCUT2D eigenvalue weighted by Crippen LogP contribution is -2.25. The van der Waals surface area contributed by atoms with E-state index in [0.29, 0.717) is 24.9 Å². The average Bonchev–Trinajstić information content (AvgIpc) is 3.11. The second kappa shape index (κ2) is 8.26. The number of nitrogens with one attached hydrogen (secondary N) is 3. The van der Waals surface area contributed by atoms with E-state index in [4.69, 9.17) is 5.21 Å². The van der Waals surface area contributed by atoms with Gasteiger partial charge in [-0.15, -0.1) is 0 Å². The molecule has 7 heteroatoms. The Balaban J connectivity index is 1.61. The van der Waals surface area contributed by atoms with Crippen LogP contribution in [0.2, 0.25) is 0 Å². The molecule has 26 heavy (non-hydrogen) atoms. The van der Waals surface area contributed by atoms with Gasteiger partial charge in [-0.2, -0.15) is 0 Å². The van der Waals surface area contributed by atoms with E-state index in [1.54, 1.807) is 17.6 Å². The predicted octanol–water partition coefficient (Wildman–Crippen LogP) is 2.64. The normalized spacial score (nSPS) is 10.7. The van der Waals surface area contributed by atoms with Crippen molar-refractivity contribution in [1.82, 2.24) is 20.8 Å². The number of unbranched alkanes of at least 4 members (excludes halogenated alkanes) is 1. The van der Waals surface area contributed by atoms with E-state index >= 15 is 0 Å². The van der Waals surface area contributed by atoms with Crippen LogP contribution in [-0.4, -0.2) is 33.5 Å². The molecule has 1 heterocycles. The number of amides is 2. The molecule has 3 aromatic rings. The highest BCUT2D eigenvalue weighted by Crippen LogP contribution is 2.21. The maximum absolute atomic E-state index is 12.3. The summed E-state index contributed by atoms with van der Waals surface area (Å²) in [6.45, 7) is 0.466. The van der Waals surface area contributed by atoms with Gasteiger partial charge in [-0.1, -0.05) is 30.3 Å². The standard InChI is InChI=1S/C19H20N4O3/c24-17(23-26)8-4-5-11-20-19(25)14-9-10-15-16(12-14)22-18(21-15)13-6-2-1-3-7-13/h1-3,6-7,9-10,12,26H,4-5,8,11H2,(H,20,25)(H,21,22)(H,23,24). The number of imidazole rings is 1. The highest BCUT2D eigenvalue weighted by atomic mass is 16.5. The first-order chi connectivity index (χ1) is 12.7. The topological polar surface area (TPSA) is 107 Å². The highest BCUT2D eigenvalue weighted by Gasteiger charge is 2.10. The monoisotopic (exact) mass is 352 g/mol. The molecule has 0 spiro atoms. The van der Waals surface area contributed by atoms with Gasteiger partial charge in [0.25, 0.3) is 5.91 Å². The third kappa shape index (κ3) is 4.25. The number of H-pyrrole nitrogens is 1. The molecule has 0 atom stereocenters. The molecule has 0 unspecified atom stereocenters. The van der Waals surface area contributed by atoms with Gasteiger partial charge in [-0.25, -0.2) is 10.5 Å². The number of carbonyl (C=O) groups is 2. The second-order valence-electron chi connectivity index (χ2n) is 5.93. The molecule has 3 rings (SSSR count). The van der Waals surface area contributed by atoms with Gasteiger partial charge in [0.15, 0.2) is 0 Å². The third-order valence-corrected chi connectivity index (χ3v) is 4.03. The van der Waals surface area contributed by atoms with Gasteiger partial charge in [0.2, 0.25) is 5.91 Å². The number of aromatic amines is 1. The van der Waals surface area contributed by atoms with Gasteiger partial charge >= 0.3 is 0 Å². The lowest BCUT2D eigenvalue weighted by atomic mass is 10.2. The highest BCUT2D eigenvalue weighted by molar-refractivity contribution is 5.97. The van der Waals surface area contributed by atoms with Crippen LogP contribution in [0.4, 0.5) is 0 Å². The van der Waals surface area contributed by atoms with Crippen LogP contribution in [-0.2, 0) is 4.79 Å². The minimum absolute atomic E-state index is 0.172. The zero-order chi connectivity index (χ0) is 18.4. The van der Waals surface area contributed by atoms with Crippen LogP contribution in [0, 0.1) is 0 Å². The third-order valence-electron chi connectivity index (χ3n) is 4.03. The van der Waals surface area contributed by atoms with Crippen molar-refractivity contribution >= 4 is 22.8 Å². The minimum Gasteiger partial charge on any atom is -0.352 e. The molecule has 0 aliphatic rings. The number of hydrogen-bond donors (Lipinski definition) is 4. The summed E-state index contributed by atoms with van der Waals surface area (Å²) in [6.07, 6.45) is 1.48. The van der Waals surface area contributed by atoms with Crippen molar-refractivity contribution in [2.45, 2.75) is 19.3 Å². The summed E-state index contributed by atoms with van der Waals surface area (Å²) < 4.78 is 0. The van der Waals surface area contributed by atoms with Gasteiger partial charge in [0, 0.05) is 24.1 Å². The molecule has 2 aromatic carbocycles. The maximum Gasteiger partial charge on any atom is 0.251 e. The van der Waals surface area contributed by atoms with E-state index in [1.165, 1.54) is 0 Å². The number of fused-ring (bicyclic) bond motifs is 1. The molecular weight excluding hydrogens is 332 g/mol.